The molecule has 0 N–H and O–H groups in total. The van der Waals surface area contributed by atoms with Crippen LogP contribution in [0.1, 0.15) is 24.2 Å². The zero-order valence-corrected chi connectivity index (χ0v) is 10.3. The van der Waals surface area contributed by atoms with Crippen molar-refractivity contribution in [3.63, 3.8) is 0 Å². The molecule has 0 aromatic heterocycles. The van der Waals surface area contributed by atoms with Gasteiger partial charge < -0.3 is 9.64 Å². The topological polar surface area (TPSA) is 46.6 Å². The molecule has 0 bridgehead atoms. The van der Waals surface area contributed by atoms with Crippen LogP contribution in [0.2, 0.25) is 0 Å². The number of benzene rings is 1. The fourth-order valence-corrected chi connectivity index (χ4v) is 1.72. The second-order valence-electron chi connectivity index (χ2n) is 3.69. The fourth-order valence-electron chi connectivity index (χ4n) is 1.72. The van der Waals surface area contributed by atoms with Gasteiger partial charge in [-0.2, -0.15) is 0 Å². The van der Waals surface area contributed by atoms with Crippen LogP contribution in [0.5, 0.6) is 0 Å². The zero-order chi connectivity index (χ0) is 12.8. The van der Waals surface area contributed by atoms with Crippen molar-refractivity contribution < 1.29 is 14.3 Å². The molecule has 17 heavy (non-hydrogen) atoms. The van der Waals surface area contributed by atoms with Crippen molar-refractivity contribution in [3.8, 4) is 0 Å². The van der Waals surface area contributed by atoms with E-state index in [-0.39, 0.29) is 12.0 Å². The van der Waals surface area contributed by atoms with Crippen molar-refractivity contribution >= 4 is 17.9 Å². The monoisotopic (exact) mass is 235 g/mol. The number of hydrogen-bond donors (Lipinski definition) is 0. The van der Waals surface area contributed by atoms with Gasteiger partial charge in [0.15, 0.2) is 0 Å². The standard InChI is InChI=1S/C13H17NO3/c1-4-14(10(2)13(16)17-3)12-7-5-11(9-15)6-8-12/h5-10H,4H2,1-3H3. The smallest absolute Gasteiger partial charge is 0.328 e. The van der Waals surface area contributed by atoms with Gasteiger partial charge in [0.25, 0.3) is 0 Å². The maximum atomic E-state index is 11.5. The molecule has 0 saturated carbocycles. The molecule has 0 radical (unpaired) electrons. The third-order valence-electron chi connectivity index (χ3n) is 2.71. The number of anilines is 1. The minimum absolute atomic E-state index is 0.272. The van der Waals surface area contributed by atoms with Crippen LogP contribution in [0, 0.1) is 0 Å². The minimum atomic E-state index is -0.341. The van der Waals surface area contributed by atoms with E-state index in [4.69, 9.17) is 4.74 Å². The number of nitrogens with zero attached hydrogens (tertiary/aromatic N) is 1. The first-order chi connectivity index (χ1) is 8.13. The van der Waals surface area contributed by atoms with Crippen molar-refractivity contribution in [3.05, 3.63) is 29.8 Å². The Morgan fingerprint density at radius 3 is 2.41 bits per heavy atom. The molecule has 92 valence electrons. The summed E-state index contributed by atoms with van der Waals surface area (Å²) in [7, 11) is 1.38. The Morgan fingerprint density at radius 1 is 1.41 bits per heavy atom. The molecule has 0 aliphatic rings. The number of methoxy groups -OCH3 is 1. The lowest BCUT2D eigenvalue weighted by Gasteiger charge is -2.28. The highest BCUT2D eigenvalue weighted by molar-refractivity contribution is 5.80. The largest absolute Gasteiger partial charge is 0.467 e. The van der Waals surface area contributed by atoms with E-state index in [0.717, 1.165) is 12.0 Å². The summed E-state index contributed by atoms with van der Waals surface area (Å²) in [5.41, 5.74) is 1.52. The summed E-state index contributed by atoms with van der Waals surface area (Å²) in [6.45, 7) is 4.45. The average Bonchev–Trinajstić information content (AvgIpc) is 2.39. The molecule has 1 atom stereocenters. The lowest BCUT2D eigenvalue weighted by atomic mass is 10.2. The Hall–Kier alpha value is -1.84. The first kappa shape index (κ1) is 13.2. The number of likely N-dealkylation sites (N-methyl/N-ethyl adjacent to an activating group) is 1. The predicted molar refractivity (Wildman–Crippen MR) is 66.3 cm³/mol. The third-order valence-corrected chi connectivity index (χ3v) is 2.71. The molecule has 0 aliphatic carbocycles. The molecular formula is C13H17NO3. The van der Waals surface area contributed by atoms with Crippen molar-refractivity contribution in [1.29, 1.82) is 0 Å². The first-order valence-electron chi connectivity index (χ1n) is 5.53. The van der Waals surface area contributed by atoms with Crippen LogP contribution in [0.25, 0.3) is 0 Å². The summed E-state index contributed by atoms with van der Waals surface area (Å²) >= 11 is 0. The summed E-state index contributed by atoms with van der Waals surface area (Å²) in [5, 5.41) is 0. The van der Waals surface area contributed by atoms with Gasteiger partial charge in [-0.1, -0.05) is 0 Å². The summed E-state index contributed by atoms with van der Waals surface area (Å²) in [6.07, 6.45) is 0.795. The fraction of sp³-hybridized carbons (Fsp3) is 0.385. The summed E-state index contributed by atoms with van der Waals surface area (Å²) in [5.74, 6) is -0.272. The highest BCUT2D eigenvalue weighted by Crippen LogP contribution is 2.17. The van der Waals surface area contributed by atoms with E-state index < -0.39 is 0 Å². The van der Waals surface area contributed by atoms with Crippen molar-refractivity contribution in [2.45, 2.75) is 19.9 Å². The number of hydrogen-bond acceptors (Lipinski definition) is 4. The molecule has 0 amide bonds. The number of carbonyl (C=O) groups is 2. The predicted octanol–water partition coefficient (Wildman–Crippen LogP) is 1.89. The van der Waals surface area contributed by atoms with E-state index in [9.17, 15) is 9.59 Å². The van der Waals surface area contributed by atoms with Crippen LogP contribution < -0.4 is 4.90 Å². The molecule has 0 fully saturated rings. The van der Waals surface area contributed by atoms with Gasteiger partial charge in [0.1, 0.15) is 12.3 Å². The molecule has 4 nitrogen and oxygen atoms in total. The molecule has 1 unspecified atom stereocenters. The average molecular weight is 235 g/mol. The Morgan fingerprint density at radius 2 is 2.00 bits per heavy atom. The number of aldehydes is 1. The number of carbonyl (C=O) groups excluding carboxylic acids is 2. The molecule has 1 aromatic rings. The molecule has 0 aliphatic heterocycles. The van der Waals surface area contributed by atoms with Crippen LogP contribution in [0.15, 0.2) is 24.3 Å². The Bertz CT molecular complexity index is 386. The summed E-state index contributed by atoms with van der Waals surface area (Å²) < 4.78 is 4.72. The highest BCUT2D eigenvalue weighted by Gasteiger charge is 2.20. The molecule has 4 heteroatoms. The highest BCUT2D eigenvalue weighted by atomic mass is 16.5. The van der Waals surface area contributed by atoms with Gasteiger partial charge in [-0.15, -0.1) is 0 Å². The minimum Gasteiger partial charge on any atom is -0.467 e. The molecule has 0 spiro atoms. The Balaban J connectivity index is 2.92. The van der Waals surface area contributed by atoms with E-state index in [1.165, 1.54) is 7.11 Å². The van der Waals surface area contributed by atoms with E-state index in [1.807, 2.05) is 24.0 Å². The Kier molecular flexibility index (Phi) is 4.69. The lowest BCUT2D eigenvalue weighted by molar-refractivity contribution is -0.141. The number of esters is 1. The van der Waals surface area contributed by atoms with Gasteiger partial charge in [0.05, 0.1) is 7.11 Å². The van der Waals surface area contributed by atoms with Crippen LogP contribution in [0.4, 0.5) is 5.69 Å². The van der Waals surface area contributed by atoms with Gasteiger partial charge in [-0.05, 0) is 38.1 Å². The number of rotatable bonds is 5. The van der Waals surface area contributed by atoms with Crippen LogP contribution in [0.3, 0.4) is 0 Å². The lowest BCUT2D eigenvalue weighted by Crippen LogP contribution is -2.39. The normalized spacial score (nSPS) is 11.7. The zero-order valence-electron chi connectivity index (χ0n) is 10.3. The van der Waals surface area contributed by atoms with Gasteiger partial charge in [-0.25, -0.2) is 4.79 Å². The maximum Gasteiger partial charge on any atom is 0.328 e. The van der Waals surface area contributed by atoms with E-state index >= 15 is 0 Å². The molecule has 1 rings (SSSR count). The van der Waals surface area contributed by atoms with E-state index in [1.54, 1.807) is 19.1 Å². The van der Waals surface area contributed by atoms with Crippen molar-refractivity contribution in [2.24, 2.45) is 0 Å². The van der Waals surface area contributed by atoms with E-state index in [2.05, 4.69) is 0 Å². The molecule has 0 saturated heterocycles. The van der Waals surface area contributed by atoms with Gasteiger partial charge in [0.2, 0.25) is 0 Å². The van der Waals surface area contributed by atoms with Crippen molar-refractivity contribution in [2.75, 3.05) is 18.6 Å². The first-order valence-corrected chi connectivity index (χ1v) is 5.53. The van der Waals surface area contributed by atoms with E-state index in [0.29, 0.717) is 12.1 Å². The van der Waals surface area contributed by atoms with Gasteiger partial charge in [-0.3, -0.25) is 4.79 Å². The Labute approximate surface area is 101 Å². The molecular weight excluding hydrogens is 218 g/mol. The van der Waals surface area contributed by atoms with Crippen LogP contribution in [-0.4, -0.2) is 32.0 Å². The summed E-state index contributed by atoms with van der Waals surface area (Å²) in [6, 6.07) is 6.77. The summed E-state index contributed by atoms with van der Waals surface area (Å²) in [4.78, 5) is 24.0. The quantitative estimate of drug-likeness (QED) is 0.577. The van der Waals surface area contributed by atoms with Gasteiger partial charge in [0, 0.05) is 17.8 Å². The second-order valence-corrected chi connectivity index (χ2v) is 3.69. The molecule has 0 heterocycles. The van der Waals surface area contributed by atoms with Crippen molar-refractivity contribution in [1.82, 2.24) is 0 Å². The maximum absolute atomic E-state index is 11.5. The van der Waals surface area contributed by atoms with Gasteiger partial charge >= 0.3 is 5.97 Å². The third kappa shape index (κ3) is 3.06. The molecule has 1 aromatic carbocycles. The van der Waals surface area contributed by atoms with Crippen LogP contribution in [-0.2, 0) is 9.53 Å². The SMILES string of the molecule is CCN(c1ccc(C=O)cc1)C(C)C(=O)OC. The second kappa shape index (κ2) is 6.03. The van der Waals surface area contributed by atoms with Crippen LogP contribution >= 0.6 is 0 Å². The number of ether oxygens (including phenoxy) is 1.